The molecular formula is C16H17BrClFN2. The van der Waals surface area contributed by atoms with Crippen molar-refractivity contribution < 1.29 is 4.39 Å². The van der Waals surface area contributed by atoms with Crippen LogP contribution in [0.2, 0.25) is 5.02 Å². The quantitative estimate of drug-likeness (QED) is 0.745. The van der Waals surface area contributed by atoms with Gasteiger partial charge in [-0.3, -0.25) is 4.98 Å². The van der Waals surface area contributed by atoms with Crippen molar-refractivity contribution in [2.45, 2.75) is 26.3 Å². The molecule has 2 nitrogen and oxygen atoms in total. The molecule has 0 radical (unpaired) electrons. The molecule has 0 spiro atoms. The van der Waals surface area contributed by atoms with Crippen molar-refractivity contribution >= 4 is 27.5 Å². The first-order chi connectivity index (χ1) is 10.1. The first-order valence-corrected chi connectivity index (χ1v) is 8.01. The van der Waals surface area contributed by atoms with Crippen LogP contribution in [-0.2, 0) is 0 Å². The van der Waals surface area contributed by atoms with Crippen LogP contribution in [-0.4, -0.2) is 11.5 Å². The van der Waals surface area contributed by atoms with Crippen molar-refractivity contribution in [3.05, 3.63) is 62.6 Å². The molecule has 0 aliphatic rings. The third-order valence-corrected chi connectivity index (χ3v) is 4.59. The molecule has 0 bridgehead atoms. The van der Waals surface area contributed by atoms with Crippen LogP contribution in [0.15, 0.2) is 34.9 Å². The summed E-state index contributed by atoms with van der Waals surface area (Å²) < 4.78 is 15.1. The molecule has 0 aliphatic heterocycles. The second-order valence-corrected chi connectivity index (χ2v) is 6.06. The maximum atomic E-state index is 14.5. The van der Waals surface area contributed by atoms with E-state index in [2.05, 4.69) is 33.2 Å². The van der Waals surface area contributed by atoms with E-state index in [0.717, 1.165) is 24.2 Å². The van der Waals surface area contributed by atoms with Gasteiger partial charge in [0.15, 0.2) is 0 Å². The summed E-state index contributed by atoms with van der Waals surface area (Å²) in [6.07, 6.45) is 2.70. The average Bonchev–Trinajstić information content (AvgIpc) is 2.48. The summed E-state index contributed by atoms with van der Waals surface area (Å²) in [7, 11) is 0. The highest BCUT2D eigenvalue weighted by molar-refractivity contribution is 9.10. The lowest BCUT2D eigenvalue weighted by Gasteiger charge is -2.22. The molecule has 1 aromatic heterocycles. The number of hydrogen-bond donors (Lipinski definition) is 1. The number of aromatic nitrogens is 1. The van der Waals surface area contributed by atoms with Gasteiger partial charge in [-0.1, -0.05) is 30.7 Å². The number of nitrogens with zero attached hydrogens (tertiary/aromatic N) is 1. The predicted molar refractivity (Wildman–Crippen MR) is 88.2 cm³/mol. The molecule has 1 aromatic carbocycles. The lowest BCUT2D eigenvalue weighted by Crippen LogP contribution is -2.25. The van der Waals surface area contributed by atoms with Crippen LogP contribution in [0.4, 0.5) is 4.39 Å². The SMILES string of the molecule is CCCNC(c1cccnc1C)c1ccc(Br)c(Cl)c1F. The Labute approximate surface area is 137 Å². The topological polar surface area (TPSA) is 24.9 Å². The monoisotopic (exact) mass is 370 g/mol. The number of halogens is 3. The van der Waals surface area contributed by atoms with E-state index < -0.39 is 5.82 Å². The summed E-state index contributed by atoms with van der Waals surface area (Å²) in [4.78, 5) is 4.30. The minimum absolute atomic E-state index is 0.109. The average molecular weight is 372 g/mol. The fourth-order valence-corrected chi connectivity index (χ4v) is 2.72. The fraction of sp³-hybridized carbons (Fsp3) is 0.312. The maximum Gasteiger partial charge on any atom is 0.148 e. The maximum absolute atomic E-state index is 14.5. The zero-order valence-corrected chi connectivity index (χ0v) is 14.3. The Morgan fingerprint density at radius 1 is 1.33 bits per heavy atom. The third-order valence-electron chi connectivity index (χ3n) is 3.33. The lowest BCUT2D eigenvalue weighted by molar-refractivity contribution is 0.544. The molecule has 1 unspecified atom stereocenters. The number of hydrogen-bond acceptors (Lipinski definition) is 2. The summed E-state index contributed by atoms with van der Waals surface area (Å²) in [6.45, 7) is 4.78. The molecule has 21 heavy (non-hydrogen) atoms. The zero-order chi connectivity index (χ0) is 15.4. The van der Waals surface area contributed by atoms with E-state index in [0.29, 0.717) is 10.0 Å². The molecule has 0 saturated heterocycles. The first-order valence-electron chi connectivity index (χ1n) is 6.84. The molecule has 1 N–H and O–H groups in total. The summed E-state index contributed by atoms with van der Waals surface area (Å²) in [5.41, 5.74) is 2.38. The number of pyridine rings is 1. The van der Waals surface area contributed by atoms with Gasteiger partial charge in [-0.25, -0.2) is 4.39 Å². The Bertz CT molecular complexity index is 634. The minimum Gasteiger partial charge on any atom is -0.306 e. The summed E-state index contributed by atoms with van der Waals surface area (Å²) in [6, 6.07) is 7.09. The van der Waals surface area contributed by atoms with Gasteiger partial charge in [0.25, 0.3) is 0 Å². The highest BCUT2D eigenvalue weighted by Gasteiger charge is 2.21. The van der Waals surface area contributed by atoms with E-state index in [1.165, 1.54) is 0 Å². The number of nitrogens with one attached hydrogen (secondary N) is 1. The van der Waals surface area contributed by atoms with Crippen LogP contribution in [0.3, 0.4) is 0 Å². The van der Waals surface area contributed by atoms with Crippen molar-refractivity contribution in [3.8, 4) is 0 Å². The number of aryl methyl sites for hydroxylation is 1. The standard InChI is InChI=1S/C16H17BrClFN2/c1-3-8-21-16(11-5-4-9-20-10(11)2)12-6-7-13(17)14(18)15(12)19/h4-7,9,16,21H,3,8H2,1-2H3. The molecular weight excluding hydrogens is 355 g/mol. The Balaban J connectivity index is 2.51. The lowest BCUT2D eigenvalue weighted by atomic mass is 9.97. The molecule has 5 heteroatoms. The molecule has 0 aliphatic carbocycles. The van der Waals surface area contributed by atoms with E-state index in [1.54, 1.807) is 18.3 Å². The molecule has 0 amide bonds. The van der Waals surface area contributed by atoms with E-state index in [1.807, 2.05) is 19.1 Å². The first kappa shape index (κ1) is 16.4. The van der Waals surface area contributed by atoms with Gasteiger partial charge in [0, 0.05) is 21.9 Å². The fourth-order valence-electron chi connectivity index (χ4n) is 2.24. The Kier molecular flexibility index (Phi) is 5.73. The predicted octanol–water partition coefficient (Wildman–Crippen LogP) is 5.03. The van der Waals surface area contributed by atoms with Gasteiger partial charge in [0.2, 0.25) is 0 Å². The highest BCUT2D eigenvalue weighted by Crippen LogP contribution is 2.33. The second kappa shape index (κ2) is 7.34. The third kappa shape index (κ3) is 3.62. The molecule has 2 aromatic rings. The van der Waals surface area contributed by atoms with Gasteiger partial charge >= 0.3 is 0 Å². The van der Waals surface area contributed by atoms with Crippen LogP contribution in [0.1, 0.15) is 36.2 Å². The van der Waals surface area contributed by atoms with E-state index in [4.69, 9.17) is 11.6 Å². The minimum atomic E-state index is -0.400. The van der Waals surface area contributed by atoms with Crippen molar-refractivity contribution in [2.24, 2.45) is 0 Å². The molecule has 112 valence electrons. The zero-order valence-electron chi connectivity index (χ0n) is 12.0. The largest absolute Gasteiger partial charge is 0.306 e. The Hall–Kier alpha value is -0.970. The normalized spacial score (nSPS) is 12.4. The van der Waals surface area contributed by atoms with Gasteiger partial charge in [-0.2, -0.15) is 0 Å². The molecule has 1 atom stereocenters. The van der Waals surface area contributed by atoms with Gasteiger partial charge in [0.05, 0.1) is 11.1 Å². The van der Waals surface area contributed by atoms with Gasteiger partial charge in [0.1, 0.15) is 5.82 Å². The van der Waals surface area contributed by atoms with Crippen LogP contribution < -0.4 is 5.32 Å². The van der Waals surface area contributed by atoms with Crippen molar-refractivity contribution in [3.63, 3.8) is 0 Å². The van der Waals surface area contributed by atoms with Gasteiger partial charge < -0.3 is 5.32 Å². The van der Waals surface area contributed by atoms with E-state index >= 15 is 0 Å². The van der Waals surface area contributed by atoms with Gasteiger partial charge in [-0.05, 0) is 53.5 Å². The van der Waals surface area contributed by atoms with Crippen molar-refractivity contribution in [1.29, 1.82) is 0 Å². The van der Waals surface area contributed by atoms with Crippen LogP contribution in [0.5, 0.6) is 0 Å². The summed E-state index contributed by atoms with van der Waals surface area (Å²) >= 11 is 9.27. The van der Waals surface area contributed by atoms with Gasteiger partial charge in [-0.15, -0.1) is 0 Å². The van der Waals surface area contributed by atoms with Crippen LogP contribution in [0, 0.1) is 12.7 Å². The Morgan fingerprint density at radius 2 is 2.10 bits per heavy atom. The second-order valence-electron chi connectivity index (χ2n) is 4.83. The van der Waals surface area contributed by atoms with Crippen LogP contribution in [0.25, 0.3) is 0 Å². The van der Waals surface area contributed by atoms with Crippen molar-refractivity contribution in [2.75, 3.05) is 6.54 Å². The van der Waals surface area contributed by atoms with E-state index in [-0.39, 0.29) is 11.1 Å². The Morgan fingerprint density at radius 3 is 2.76 bits per heavy atom. The smallest absolute Gasteiger partial charge is 0.148 e. The molecule has 2 rings (SSSR count). The molecule has 0 fully saturated rings. The number of rotatable bonds is 5. The molecule has 1 heterocycles. The highest BCUT2D eigenvalue weighted by atomic mass is 79.9. The summed E-state index contributed by atoms with van der Waals surface area (Å²) in [5.74, 6) is -0.400. The summed E-state index contributed by atoms with van der Waals surface area (Å²) in [5, 5.41) is 3.49. The van der Waals surface area contributed by atoms with E-state index in [9.17, 15) is 4.39 Å². The number of benzene rings is 1. The van der Waals surface area contributed by atoms with Crippen molar-refractivity contribution in [1.82, 2.24) is 10.3 Å². The molecule has 0 saturated carbocycles. The van der Waals surface area contributed by atoms with Crippen LogP contribution >= 0.6 is 27.5 Å².